The highest BCUT2D eigenvalue weighted by molar-refractivity contribution is 5.78. The number of benzene rings is 1. The molecule has 0 saturated carbocycles. The van der Waals surface area contributed by atoms with Crippen LogP contribution in [0.3, 0.4) is 0 Å². The largest absolute Gasteiger partial charge is 0.337 e. The van der Waals surface area contributed by atoms with Gasteiger partial charge in [0, 0.05) is 44.8 Å². The Kier molecular flexibility index (Phi) is 4.94. The Balaban J connectivity index is 1.88. The second-order valence-corrected chi connectivity index (χ2v) is 5.01. The van der Waals surface area contributed by atoms with Crippen LogP contribution >= 0.6 is 0 Å². The van der Waals surface area contributed by atoms with E-state index in [1.807, 2.05) is 30.3 Å². The molecule has 112 valence electrons. The topological polar surface area (TPSA) is 77.2 Å². The third-order valence-corrected chi connectivity index (χ3v) is 3.13. The molecule has 6 heteroatoms. The number of urea groups is 1. The van der Waals surface area contributed by atoms with Crippen molar-refractivity contribution in [3.8, 4) is 0 Å². The molecule has 2 amide bonds. The van der Waals surface area contributed by atoms with Crippen LogP contribution in [0.2, 0.25) is 0 Å². The standard InChI is InChI=1S/C15H20N4O2/c1-19(2)15(21)17-8-7-16-10-12-9-11-5-3-4-6-13(11)18-14(12)20/h3-6,9,16H,7-8,10H2,1-2H3,(H,17,21)(H,18,20). The fourth-order valence-electron chi connectivity index (χ4n) is 1.96. The van der Waals surface area contributed by atoms with Crippen LogP contribution in [0.4, 0.5) is 4.79 Å². The summed E-state index contributed by atoms with van der Waals surface area (Å²) in [6.45, 7) is 1.59. The van der Waals surface area contributed by atoms with Crippen molar-refractivity contribution < 1.29 is 4.79 Å². The number of aromatic nitrogens is 1. The van der Waals surface area contributed by atoms with Gasteiger partial charge in [-0.1, -0.05) is 18.2 Å². The highest BCUT2D eigenvalue weighted by Gasteiger charge is 2.03. The van der Waals surface area contributed by atoms with Gasteiger partial charge < -0.3 is 20.5 Å². The number of aromatic amines is 1. The van der Waals surface area contributed by atoms with E-state index in [1.54, 1.807) is 14.1 Å². The number of para-hydroxylation sites is 1. The van der Waals surface area contributed by atoms with Crippen LogP contribution < -0.4 is 16.2 Å². The lowest BCUT2D eigenvalue weighted by atomic mass is 10.1. The van der Waals surface area contributed by atoms with Gasteiger partial charge in [-0.2, -0.15) is 0 Å². The number of rotatable bonds is 5. The summed E-state index contributed by atoms with van der Waals surface area (Å²) >= 11 is 0. The minimum atomic E-state index is -0.125. The Bertz CT molecular complexity index is 679. The lowest BCUT2D eigenvalue weighted by Gasteiger charge is -2.12. The Labute approximate surface area is 123 Å². The van der Waals surface area contributed by atoms with Crippen LogP contribution in [0.5, 0.6) is 0 Å². The second kappa shape index (κ2) is 6.90. The van der Waals surface area contributed by atoms with Gasteiger partial charge in [-0.25, -0.2) is 4.79 Å². The Morgan fingerprint density at radius 1 is 1.24 bits per heavy atom. The van der Waals surface area contributed by atoms with Crippen LogP contribution in [-0.4, -0.2) is 43.1 Å². The van der Waals surface area contributed by atoms with Crippen LogP contribution in [0.25, 0.3) is 10.9 Å². The first-order chi connectivity index (χ1) is 10.1. The van der Waals surface area contributed by atoms with Gasteiger partial charge in [0.15, 0.2) is 0 Å². The van der Waals surface area contributed by atoms with Crippen LogP contribution in [0.1, 0.15) is 5.56 Å². The van der Waals surface area contributed by atoms with Gasteiger partial charge in [0.25, 0.3) is 5.56 Å². The van der Waals surface area contributed by atoms with Gasteiger partial charge in [0.2, 0.25) is 0 Å². The zero-order chi connectivity index (χ0) is 15.2. The maximum Gasteiger partial charge on any atom is 0.316 e. The predicted octanol–water partition coefficient (Wildman–Crippen LogP) is 0.889. The van der Waals surface area contributed by atoms with E-state index in [1.165, 1.54) is 4.90 Å². The van der Waals surface area contributed by atoms with E-state index in [0.717, 1.165) is 10.9 Å². The summed E-state index contributed by atoms with van der Waals surface area (Å²) in [7, 11) is 3.38. The van der Waals surface area contributed by atoms with Crippen molar-refractivity contribution in [3.63, 3.8) is 0 Å². The molecule has 0 unspecified atom stereocenters. The molecule has 1 aromatic carbocycles. The lowest BCUT2D eigenvalue weighted by Crippen LogP contribution is -2.38. The number of H-pyrrole nitrogens is 1. The molecular weight excluding hydrogens is 268 g/mol. The third kappa shape index (κ3) is 4.06. The molecule has 0 aliphatic carbocycles. The van der Waals surface area contributed by atoms with Gasteiger partial charge in [-0.05, 0) is 17.5 Å². The summed E-state index contributed by atoms with van der Waals surface area (Å²) in [6, 6.07) is 9.44. The highest BCUT2D eigenvalue weighted by Crippen LogP contribution is 2.09. The molecule has 1 heterocycles. The van der Waals surface area contributed by atoms with Gasteiger partial charge >= 0.3 is 6.03 Å². The molecule has 6 nitrogen and oxygen atoms in total. The van der Waals surface area contributed by atoms with Crippen molar-refractivity contribution in [1.29, 1.82) is 0 Å². The average Bonchev–Trinajstić information content (AvgIpc) is 2.46. The number of nitrogens with zero attached hydrogens (tertiary/aromatic N) is 1. The molecule has 0 radical (unpaired) electrons. The van der Waals surface area contributed by atoms with E-state index in [2.05, 4.69) is 15.6 Å². The molecule has 0 aliphatic heterocycles. The monoisotopic (exact) mass is 288 g/mol. The maximum atomic E-state index is 11.9. The Morgan fingerprint density at radius 2 is 2.00 bits per heavy atom. The smallest absolute Gasteiger partial charge is 0.316 e. The number of amides is 2. The van der Waals surface area contributed by atoms with Crippen molar-refractivity contribution in [3.05, 3.63) is 46.2 Å². The molecule has 0 saturated heterocycles. The van der Waals surface area contributed by atoms with Gasteiger partial charge in [0.05, 0.1) is 0 Å². The second-order valence-electron chi connectivity index (χ2n) is 5.01. The first kappa shape index (κ1) is 15.1. The van der Waals surface area contributed by atoms with E-state index >= 15 is 0 Å². The number of carbonyl (C=O) groups is 1. The fraction of sp³-hybridized carbons (Fsp3) is 0.333. The van der Waals surface area contributed by atoms with E-state index in [4.69, 9.17) is 0 Å². The Morgan fingerprint density at radius 3 is 2.76 bits per heavy atom. The number of carbonyl (C=O) groups excluding carboxylic acids is 1. The molecule has 2 rings (SSSR count). The normalized spacial score (nSPS) is 10.6. The van der Waals surface area contributed by atoms with Gasteiger partial charge in [0.1, 0.15) is 0 Å². The van der Waals surface area contributed by atoms with Crippen molar-refractivity contribution >= 4 is 16.9 Å². The van der Waals surface area contributed by atoms with Crippen molar-refractivity contribution in [2.75, 3.05) is 27.2 Å². The summed E-state index contributed by atoms with van der Waals surface area (Å²) in [5.74, 6) is 0. The SMILES string of the molecule is CN(C)C(=O)NCCNCc1cc2ccccc2[nH]c1=O. The maximum absolute atomic E-state index is 11.9. The quantitative estimate of drug-likeness (QED) is 0.715. The predicted molar refractivity (Wildman–Crippen MR) is 83.4 cm³/mol. The number of hydrogen-bond acceptors (Lipinski definition) is 3. The molecular formula is C15H20N4O2. The Hall–Kier alpha value is -2.34. The molecule has 0 spiro atoms. The molecule has 3 N–H and O–H groups in total. The van der Waals surface area contributed by atoms with Crippen LogP contribution in [-0.2, 0) is 6.54 Å². The molecule has 0 fully saturated rings. The van der Waals surface area contributed by atoms with E-state index in [0.29, 0.717) is 25.2 Å². The van der Waals surface area contributed by atoms with E-state index < -0.39 is 0 Å². The molecule has 0 atom stereocenters. The third-order valence-electron chi connectivity index (χ3n) is 3.13. The van der Waals surface area contributed by atoms with Crippen LogP contribution in [0.15, 0.2) is 35.1 Å². The minimum Gasteiger partial charge on any atom is -0.337 e. The van der Waals surface area contributed by atoms with Crippen molar-refractivity contribution in [1.82, 2.24) is 20.5 Å². The summed E-state index contributed by atoms with van der Waals surface area (Å²) < 4.78 is 0. The minimum absolute atomic E-state index is 0.0847. The summed E-state index contributed by atoms with van der Waals surface area (Å²) in [5, 5.41) is 6.91. The van der Waals surface area contributed by atoms with Crippen molar-refractivity contribution in [2.24, 2.45) is 0 Å². The fourth-order valence-corrected chi connectivity index (χ4v) is 1.96. The van der Waals surface area contributed by atoms with Crippen molar-refractivity contribution in [2.45, 2.75) is 6.54 Å². The summed E-state index contributed by atoms with van der Waals surface area (Å²) in [4.78, 5) is 27.6. The number of fused-ring (bicyclic) bond motifs is 1. The average molecular weight is 288 g/mol. The van der Waals surface area contributed by atoms with E-state index in [-0.39, 0.29) is 11.6 Å². The molecule has 2 aromatic rings. The van der Waals surface area contributed by atoms with Crippen LogP contribution in [0, 0.1) is 0 Å². The first-order valence-corrected chi connectivity index (χ1v) is 6.85. The van der Waals surface area contributed by atoms with E-state index in [9.17, 15) is 9.59 Å². The molecule has 0 aliphatic rings. The molecule has 21 heavy (non-hydrogen) atoms. The van der Waals surface area contributed by atoms with Gasteiger partial charge in [-0.3, -0.25) is 4.79 Å². The number of hydrogen-bond donors (Lipinski definition) is 3. The zero-order valence-electron chi connectivity index (χ0n) is 12.3. The summed E-state index contributed by atoms with van der Waals surface area (Å²) in [5.41, 5.74) is 1.44. The zero-order valence-corrected chi connectivity index (χ0v) is 12.3. The van der Waals surface area contributed by atoms with Gasteiger partial charge in [-0.15, -0.1) is 0 Å². The first-order valence-electron chi connectivity index (χ1n) is 6.85. The highest BCUT2D eigenvalue weighted by atomic mass is 16.2. The number of nitrogens with one attached hydrogen (secondary N) is 3. The molecule has 0 bridgehead atoms. The summed E-state index contributed by atoms with van der Waals surface area (Å²) in [6.07, 6.45) is 0. The number of pyridine rings is 1. The lowest BCUT2D eigenvalue weighted by molar-refractivity contribution is 0.217. The molecule has 1 aromatic heterocycles.